The fourth-order valence-corrected chi connectivity index (χ4v) is 10.5. The first-order valence-electron chi connectivity index (χ1n) is 20.0. The summed E-state index contributed by atoms with van der Waals surface area (Å²) >= 11 is 0. The highest BCUT2D eigenvalue weighted by atomic mass is 16.3. The van der Waals surface area contributed by atoms with Crippen molar-refractivity contribution in [2.45, 2.75) is 5.41 Å². The van der Waals surface area contributed by atoms with Gasteiger partial charge in [0, 0.05) is 33.2 Å². The van der Waals surface area contributed by atoms with Gasteiger partial charge in [-0.3, -0.25) is 0 Å². The molecule has 2 aliphatic rings. The second-order valence-electron chi connectivity index (χ2n) is 15.6. The second kappa shape index (κ2) is 11.7. The van der Waals surface area contributed by atoms with E-state index in [-0.39, 0.29) is 0 Å². The maximum atomic E-state index is 6.87. The molecule has 9 aromatic carbocycles. The van der Waals surface area contributed by atoms with E-state index in [0.717, 1.165) is 50.1 Å². The minimum absolute atomic E-state index is 0.560. The molecule has 0 unspecified atom stereocenters. The van der Waals surface area contributed by atoms with Crippen molar-refractivity contribution in [3.63, 3.8) is 0 Å². The number of aromatic nitrogens is 1. The number of benzene rings is 9. The van der Waals surface area contributed by atoms with Gasteiger partial charge >= 0.3 is 0 Å². The van der Waals surface area contributed by atoms with Crippen LogP contribution in [0.25, 0.3) is 71.7 Å². The summed E-state index contributed by atoms with van der Waals surface area (Å²) in [6, 6.07) is 75.4. The monoisotopic (exact) mass is 738 g/mol. The lowest BCUT2D eigenvalue weighted by atomic mass is 9.65. The predicted molar refractivity (Wildman–Crippen MR) is 239 cm³/mol. The van der Waals surface area contributed by atoms with Crippen molar-refractivity contribution in [3.8, 4) is 27.9 Å². The number of nitrogens with zero attached hydrogens (tertiary/aromatic N) is 2. The number of anilines is 3. The number of fused-ring (bicyclic) bond motifs is 16. The molecule has 0 saturated heterocycles. The van der Waals surface area contributed by atoms with Crippen LogP contribution in [0.4, 0.5) is 17.1 Å². The Morgan fingerprint density at radius 1 is 0.414 bits per heavy atom. The highest BCUT2D eigenvalue weighted by molar-refractivity contribution is 6.26. The van der Waals surface area contributed by atoms with Gasteiger partial charge in [0.05, 0.1) is 27.5 Å². The molecule has 3 nitrogen and oxygen atoms in total. The predicted octanol–water partition coefficient (Wildman–Crippen LogP) is 14.5. The van der Waals surface area contributed by atoms with Crippen molar-refractivity contribution in [2.24, 2.45) is 0 Å². The largest absolute Gasteiger partial charge is 0.455 e. The molecule has 3 heterocycles. The molecule has 270 valence electrons. The van der Waals surface area contributed by atoms with Crippen LogP contribution in [0.2, 0.25) is 0 Å². The first kappa shape index (κ1) is 31.6. The first-order valence-corrected chi connectivity index (χ1v) is 20.0. The van der Waals surface area contributed by atoms with E-state index >= 15 is 0 Å². The number of rotatable bonds is 4. The van der Waals surface area contributed by atoms with E-state index in [9.17, 15) is 0 Å². The first-order chi connectivity index (χ1) is 28.8. The molecule has 0 N–H and O–H groups in total. The van der Waals surface area contributed by atoms with E-state index in [0.29, 0.717) is 0 Å². The molecular formula is C55H34N2O. The summed E-state index contributed by atoms with van der Waals surface area (Å²) in [7, 11) is 0. The average Bonchev–Trinajstić information content (AvgIpc) is 3.94. The summed E-state index contributed by atoms with van der Waals surface area (Å²) in [4.78, 5) is 2.33. The van der Waals surface area contributed by atoms with Crippen LogP contribution in [0.3, 0.4) is 0 Å². The molecule has 0 fully saturated rings. The van der Waals surface area contributed by atoms with Gasteiger partial charge in [-0.1, -0.05) is 146 Å². The zero-order valence-corrected chi connectivity index (χ0v) is 31.4. The van der Waals surface area contributed by atoms with Gasteiger partial charge in [0.15, 0.2) is 0 Å². The molecule has 0 bridgehead atoms. The van der Waals surface area contributed by atoms with E-state index in [1.807, 2.05) is 0 Å². The molecule has 1 aliphatic heterocycles. The van der Waals surface area contributed by atoms with Crippen molar-refractivity contribution in [3.05, 3.63) is 229 Å². The lowest BCUT2D eigenvalue weighted by molar-refractivity contribution is 0.672. The average molecular weight is 739 g/mol. The Morgan fingerprint density at radius 3 is 1.76 bits per heavy atom. The van der Waals surface area contributed by atoms with Crippen molar-refractivity contribution in [1.82, 2.24) is 4.57 Å². The van der Waals surface area contributed by atoms with Gasteiger partial charge in [-0.2, -0.15) is 0 Å². The second-order valence-corrected chi connectivity index (χ2v) is 15.6. The smallest absolute Gasteiger partial charge is 0.145 e. The van der Waals surface area contributed by atoms with Crippen molar-refractivity contribution >= 4 is 60.8 Å². The lowest BCUT2D eigenvalue weighted by Gasteiger charge is -2.40. The standard InChI is InChI=1S/C55H34N2O/c1-3-17-37(18-4-1)56(38-19-5-2-6-20-38)39-21-15-16-35(32-39)36-30-31-47-50(33-36)57-49-28-13-9-25-43(49)52-53(57)48(34-44-42-24-10-14-29-51(42)58-54(44)52)55(47)45-26-11-7-22-40(45)41-23-8-12-27-46(41)55/h1-34H. The van der Waals surface area contributed by atoms with Crippen LogP contribution in [-0.4, -0.2) is 4.57 Å². The molecule has 11 aromatic rings. The zero-order chi connectivity index (χ0) is 38.0. The topological polar surface area (TPSA) is 21.3 Å². The number of hydrogen-bond acceptors (Lipinski definition) is 2. The summed E-state index contributed by atoms with van der Waals surface area (Å²) in [5.74, 6) is 0. The summed E-state index contributed by atoms with van der Waals surface area (Å²) in [5.41, 5.74) is 18.3. The van der Waals surface area contributed by atoms with Crippen LogP contribution in [-0.2, 0) is 5.41 Å². The lowest BCUT2D eigenvalue weighted by Crippen LogP contribution is -2.33. The van der Waals surface area contributed by atoms with Gasteiger partial charge in [0.25, 0.3) is 0 Å². The van der Waals surface area contributed by atoms with E-state index in [2.05, 4.69) is 216 Å². The van der Waals surface area contributed by atoms with Crippen LogP contribution < -0.4 is 4.90 Å². The van der Waals surface area contributed by atoms with Crippen molar-refractivity contribution < 1.29 is 4.42 Å². The third-order valence-electron chi connectivity index (χ3n) is 12.7. The Balaban J connectivity index is 1.14. The molecule has 1 aliphatic carbocycles. The van der Waals surface area contributed by atoms with E-state index in [1.165, 1.54) is 60.9 Å². The maximum Gasteiger partial charge on any atom is 0.145 e. The fraction of sp³-hybridized carbons (Fsp3) is 0.0182. The van der Waals surface area contributed by atoms with Gasteiger partial charge < -0.3 is 13.9 Å². The van der Waals surface area contributed by atoms with Crippen molar-refractivity contribution in [2.75, 3.05) is 4.90 Å². The number of furan rings is 1. The quantitative estimate of drug-likeness (QED) is 0.179. The molecule has 0 atom stereocenters. The number of hydrogen-bond donors (Lipinski definition) is 0. The molecule has 1 spiro atoms. The minimum atomic E-state index is -0.560. The van der Waals surface area contributed by atoms with Crippen molar-refractivity contribution in [1.29, 1.82) is 0 Å². The van der Waals surface area contributed by atoms with Gasteiger partial charge in [-0.15, -0.1) is 0 Å². The van der Waals surface area contributed by atoms with E-state index in [1.54, 1.807) is 0 Å². The highest BCUT2D eigenvalue weighted by Gasteiger charge is 2.51. The van der Waals surface area contributed by atoms with Gasteiger partial charge in [-0.25, -0.2) is 0 Å². The van der Waals surface area contributed by atoms with Crippen LogP contribution in [0, 0.1) is 0 Å². The van der Waals surface area contributed by atoms with Gasteiger partial charge in [0.1, 0.15) is 11.2 Å². The van der Waals surface area contributed by atoms with E-state index < -0.39 is 5.41 Å². The van der Waals surface area contributed by atoms with Crippen LogP contribution in [0.5, 0.6) is 0 Å². The Morgan fingerprint density at radius 2 is 1.02 bits per heavy atom. The summed E-state index contributed by atoms with van der Waals surface area (Å²) in [6.07, 6.45) is 0. The molecule has 0 saturated carbocycles. The molecular weight excluding hydrogens is 705 g/mol. The zero-order valence-electron chi connectivity index (χ0n) is 31.4. The third kappa shape index (κ3) is 4.07. The fourth-order valence-electron chi connectivity index (χ4n) is 10.5. The Labute approximate surface area is 335 Å². The summed E-state index contributed by atoms with van der Waals surface area (Å²) in [5, 5.41) is 4.66. The summed E-state index contributed by atoms with van der Waals surface area (Å²) in [6.45, 7) is 0. The Hall–Kier alpha value is -7.62. The van der Waals surface area contributed by atoms with Crippen LogP contribution in [0.15, 0.2) is 211 Å². The molecule has 3 heteroatoms. The molecule has 0 amide bonds. The normalized spacial score (nSPS) is 13.3. The van der Waals surface area contributed by atoms with Gasteiger partial charge in [0.2, 0.25) is 0 Å². The molecule has 2 aromatic heterocycles. The minimum Gasteiger partial charge on any atom is -0.455 e. The molecule has 58 heavy (non-hydrogen) atoms. The molecule has 0 radical (unpaired) electrons. The highest BCUT2D eigenvalue weighted by Crippen LogP contribution is 2.62. The number of para-hydroxylation sites is 4. The van der Waals surface area contributed by atoms with E-state index in [4.69, 9.17) is 4.42 Å². The third-order valence-corrected chi connectivity index (χ3v) is 12.7. The SMILES string of the molecule is c1ccc(N(c2ccccc2)c2cccc(-c3ccc4c(c3)-n3c5ccccc5c5c6oc7ccccc7c6cc(c53)C43c4ccccc4-c4ccccc43)c2)cc1. The maximum absolute atomic E-state index is 6.87. The van der Waals surface area contributed by atoms with Crippen LogP contribution >= 0.6 is 0 Å². The van der Waals surface area contributed by atoms with Crippen LogP contribution in [0.1, 0.15) is 22.3 Å². The Bertz CT molecular complexity index is 3380. The molecule has 13 rings (SSSR count). The summed E-state index contributed by atoms with van der Waals surface area (Å²) < 4.78 is 9.40. The Kier molecular flexibility index (Phi) is 6.37. The van der Waals surface area contributed by atoms with Gasteiger partial charge in [-0.05, 0) is 105 Å².